The fourth-order valence-corrected chi connectivity index (χ4v) is 1.70. The number of nitrogens with two attached hydrogens (primary N) is 1. The topological polar surface area (TPSA) is 79.0 Å². The fraction of sp³-hybridized carbons (Fsp3) is 0.385. The van der Waals surface area contributed by atoms with Gasteiger partial charge >= 0.3 is 0 Å². The summed E-state index contributed by atoms with van der Waals surface area (Å²) in [6, 6.07) is 5.93. The third kappa shape index (κ3) is 3.59. The minimum absolute atomic E-state index is 0.0636. The van der Waals surface area contributed by atoms with Crippen molar-refractivity contribution in [2.75, 3.05) is 5.32 Å². The van der Waals surface area contributed by atoms with Crippen LogP contribution < -0.4 is 11.1 Å². The maximum atomic E-state index is 11.6. The molecule has 0 aliphatic heterocycles. The van der Waals surface area contributed by atoms with Crippen molar-refractivity contribution in [3.8, 4) is 0 Å². The molecule has 1 rings (SSSR count). The summed E-state index contributed by atoms with van der Waals surface area (Å²) in [5.41, 5.74) is 8.17. The predicted molar refractivity (Wildman–Crippen MR) is 70.4 cm³/mol. The maximum absolute atomic E-state index is 11.6. The van der Waals surface area contributed by atoms with Gasteiger partial charge in [0.1, 0.15) is 5.84 Å². The highest BCUT2D eigenvalue weighted by Gasteiger charge is 2.12. The number of amidine groups is 1. The second-order valence-corrected chi connectivity index (χ2v) is 4.44. The lowest BCUT2D eigenvalue weighted by Gasteiger charge is -2.16. The standard InChI is InChI=1S/C13H19N3O/c1-8(2)10-6-4-5-9(3)13(10)16-12(17)7-11(14)15/h4-6,8H,7H2,1-3H3,(H3,14,15)(H,16,17). The van der Waals surface area contributed by atoms with Crippen molar-refractivity contribution in [2.24, 2.45) is 5.73 Å². The van der Waals surface area contributed by atoms with Gasteiger partial charge in [0, 0.05) is 5.69 Å². The number of hydrogen-bond donors (Lipinski definition) is 3. The molecule has 4 nitrogen and oxygen atoms in total. The highest BCUT2D eigenvalue weighted by atomic mass is 16.1. The summed E-state index contributed by atoms with van der Waals surface area (Å²) in [5, 5.41) is 9.93. The van der Waals surface area contributed by atoms with Crippen LogP contribution in [0, 0.1) is 12.3 Å². The van der Waals surface area contributed by atoms with E-state index in [1.807, 2.05) is 25.1 Å². The molecule has 1 amide bonds. The van der Waals surface area contributed by atoms with Crippen LogP contribution in [-0.2, 0) is 4.79 Å². The lowest BCUT2D eigenvalue weighted by Crippen LogP contribution is -2.22. The zero-order valence-electron chi connectivity index (χ0n) is 10.5. The minimum Gasteiger partial charge on any atom is -0.387 e. The Hall–Kier alpha value is -1.84. The molecule has 0 atom stereocenters. The van der Waals surface area contributed by atoms with Crippen molar-refractivity contribution in [1.82, 2.24) is 0 Å². The summed E-state index contributed by atoms with van der Waals surface area (Å²) in [5.74, 6) is -0.0293. The second kappa shape index (κ2) is 5.48. The van der Waals surface area contributed by atoms with E-state index in [4.69, 9.17) is 11.1 Å². The van der Waals surface area contributed by atoms with E-state index in [0.717, 1.165) is 16.8 Å². The van der Waals surface area contributed by atoms with E-state index in [-0.39, 0.29) is 18.2 Å². The highest BCUT2D eigenvalue weighted by molar-refractivity contribution is 6.04. The van der Waals surface area contributed by atoms with Crippen molar-refractivity contribution in [3.63, 3.8) is 0 Å². The third-order valence-corrected chi connectivity index (χ3v) is 2.54. The monoisotopic (exact) mass is 233 g/mol. The fourth-order valence-electron chi connectivity index (χ4n) is 1.70. The van der Waals surface area contributed by atoms with E-state index < -0.39 is 0 Å². The van der Waals surface area contributed by atoms with Gasteiger partial charge in [-0.1, -0.05) is 32.0 Å². The Bertz CT molecular complexity index is 438. The summed E-state index contributed by atoms with van der Waals surface area (Å²) in [6.45, 7) is 6.11. The normalized spacial score (nSPS) is 10.4. The molecule has 0 aliphatic carbocycles. The van der Waals surface area contributed by atoms with Gasteiger partial charge in [0.05, 0.1) is 6.42 Å². The van der Waals surface area contributed by atoms with Gasteiger partial charge in [-0.3, -0.25) is 10.2 Å². The SMILES string of the molecule is Cc1cccc(C(C)C)c1NC(=O)CC(=N)N. The van der Waals surface area contributed by atoms with Crippen LogP contribution in [0.4, 0.5) is 5.69 Å². The Balaban J connectivity index is 2.96. The molecular weight excluding hydrogens is 214 g/mol. The average Bonchev–Trinajstić information content (AvgIpc) is 2.19. The number of anilines is 1. The summed E-state index contributed by atoms with van der Waals surface area (Å²) in [6.07, 6.45) is -0.0636. The van der Waals surface area contributed by atoms with Crippen LogP contribution in [0.2, 0.25) is 0 Å². The van der Waals surface area contributed by atoms with Gasteiger partial charge < -0.3 is 11.1 Å². The maximum Gasteiger partial charge on any atom is 0.231 e. The first kappa shape index (κ1) is 13.2. The molecule has 1 aromatic carbocycles. The molecule has 0 radical (unpaired) electrons. The Morgan fingerprint density at radius 1 is 1.47 bits per heavy atom. The quantitative estimate of drug-likeness (QED) is 0.551. The lowest BCUT2D eigenvalue weighted by atomic mass is 9.98. The number of rotatable bonds is 4. The number of carbonyl (C=O) groups excluding carboxylic acids is 1. The van der Waals surface area contributed by atoms with Crippen LogP contribution in [0.3, 0.4) is 0 Å². The summed E-state index contributed by atoms with van der Waals surface area (Å²) in [4.78, 5) is 11.6. The van der Waals surface area contributed by atoms with Crippen LogP contribution in [0.25, 0.3) is 0 Å². The Kier molecular flexibility index (Phi) is 4.26. The molecule has 1 aromatic rings. The van der Waals surface area contributed by atoms with E-state index >= 15 is 0 Å². The first-order valence-electron chi connectivity index (χ1n) is 5.64. The molecule has 0 saturated heterocycles. The molecule has 0 aromatic heterocycles. The van der Waals surface area contributed by atoms with E-state index in [1.54, 1.807) is 0 Å². The summed E-state index contributed by atoms with van der Waals surface area (Å²) < 4.78 is 0. The largest absolute Gasteiger partial charge is 0.387 e. The van der Waals surface area contributed by atoms with Crippen LogP contribution in [0.15, 0.2) is 18.2 Å². The van der Waals surface area contributed by atoms with Crippen LogP contribution in [0.1, 0.15) is 37.3 Å². The van der Waals surface area contributed by atoms with Gasteiger partial charge in [0.25, 0.3) is 0 Å². The molecule has 0 spiro atoms. The van der Waals surface area contributed by atoms with E-state index in [2.05, 4.69) is 19.2 Å². The number of benzene rings is 1. The molecule has 92 valence electrons. The first-order chi connectivity index (χ1) is 7.91. The number of hydrogen-bond acceptors (Lipinski definition) is 2. The van der Waals surface area contributed by atoms with Crippen molar-refractivity contribution in [2.45, 2.75) is 33.1 Å². The molecule has 0 unspecified atom stereocenters. The van der Waals surface area contributed by atoms with Crippen molar-refractivity contribution >= 4 is 17.4 Å². The predicted octanol–water partition coefficient (Wildman–Crippen LogP) is 2.38. The van der Waals surface area contributed by atoms with Gasteiger partial charge in [-0.2, -0.15) is 0 Å². The zero-order valence-corrected chi connectivity index (χ0v) is 10.5. The van der Waals surface area contributed by atoms with Crippen LogP contribution in [-0.4, -0.2) is 11.7 Å². The Morgan fingerprint density at radius 2 is 2.12 bits per heavy atom. The summed E-state index contributed by atoms with van der Waals surface area (Å²) >= 11 is 0. The number of carbonyl (C=O) groups is 1. The molecule has 17 heavy (non-hydrogen) atoms. The minimum atomic E-state index is -0.242. The average molecular weight is 233 g/mol. The van der Waals surface area contributed by atoms with Crippen molar-refractivity contribution in [1.29, 1.82) is 5.41 Å². The third-order valence-electron chi connectivity index (χ3n) is 2.54. The molecule has 0 aliphatic rings. The number of aryl methyl sites for hydroxylation is 1. The van der Waals surface area contributed by atoms with Crippen molar-refractivity contribution in [3.05, 3.63) is 29.3 Å². The Morgan fingerprint density at radius 3 is 2.65 bits per heavy atom. The number of amides is 1. The number of para-hydroxylation sites is 1. The van der Waals surface area contributed by atoms with E-state index in [9.17, 15) is 4.79 Å². The summed E-state index contributed by atoms with van der Waals surface area (Å²) in [7, 11) is 0. The molecule has 0 fully saturated rings. The molecule has 0 saturated carbocycles. The Labute approximate surface area is 102 Å². The van der Waals surface area contributed by atoms with Crippen LogP contribution in [0.5, 0.6) is 0 Å². The highest BCUT2D eigenvalue weighted by Crippen LogP contribution is 2.27. The molecular formula is C13H19N3O. The smallest absolute Gasteiger partial charge is 0.231 e. The molecule has 4 heteroatoms. The van der Waals surface area contributed by atoms with Crippen LogP contribution >= 0.6 is 0 Å². The van der Waals surface area contributed by atoms with Gasteiger partial charge in [-0.25, -0.2) is 0 Å². The lowest BCUT2D eigenvalue weighted by molar-refractivity contribution is -0.115. The first-order valence-corrected chi connectivity index (χ1v) is 5.64. The second-order valence-electron chi connectivity index (χ2n) is 4.44. The number of nitrogens with one attached hydrogen (secondary N) is 2. The van der Waals surface area contributed by atoms with E-state index in [0.29, 0.717) is 5.92 Å². The molecule has 0 heterocycles. The molecule has 4 N–H and O–H groups in total. The van der Waals surface area contributed by atoms with Gasteiger partial charge in [0.2, 0.25) is 5.91 Å². The van der Waals surface area contributed by atoms with E-state index in [1.165, 1.54) is 0 Å². The molecule has 0 bridgehead atoms. The van der Waals surface area contributed by atoms with Crippen molar-refractivity contribution < 1.29 is 4.79 Å². The van der Waals surface area contributed by atoms with Gasteiger partial charge in [0.15, 0.2) is 0 Å². The van der Waals surface area contributed by atoms with Gasteiger partial charge in [-0.05, 0) is 24.0 Å². The van der Waals surface area contributed by atoms with Gasteiger partial charge in [-0.15, -0.1) is 0 Å². The zero-order chi connectivity index (χ0) is 13.0.